The molecule has 29 heteroatoms. The van der Waals surface area contributed by atoms with Crippen LogP contribution in [0.2, 0.25) is 0 Å². The minimum atomic E-state index is -0.410. The molecule has 0 radical (unpaired) electrons. The van der Waals surface area contributed by atoms with Crippen molar-refractivity contribution in [1.82, 2.24) is 71.0 Å². The van der Waals surface area contributed by atoms with Crippen LogP contribution in [0.4, 0.5) is 40.8 Å². The topological polar surface area (TPSA) is 355 Å². The fourth-order valence-corrected chi connectivity index (χ4v) is 13.6. The van der Waals surface area contributed by atoms with Gasteiger partial charge >= 0.3 is 0 Å². The van der Waals surface area contributed by atoms with Gasteiger partial charge in [0.1, 0.15) is 46.5 Å². The van der Waals surface area contributed by atoms with Crippen molar-refractivity contribution in [3.05, 3.63) is 258 Å². The first-order chi connectivity index (χ1) is 56.4. The van der Waals surface area contributed by atoms with Crippen LogP contribution in [0.25, 0.3) is 87.6 Å². The van der Waals surface area contributed by atoms with E-state index in [4.69, 9.17) is 27.7 Å². The summed E-state index contributed by atoms with van der Waals surface area (Å²) in [6.07, 6.45) is 5.82. The number of nitrogen functional groups attached to an aromatic ring is 4. The molecule has 0 unspecified atom stereocenters. The van der Waals surface area contributed by atoms with Gasteiger partial charge in [0.05, 0.1) is 54.3 Å². The molecule has 2 aliphatic heterocycles. The summed E-state index contributed by atoms with van der Waals surface area (Å²) in [5, 5.41) is 23.6. The van der Waals surface area contributed by atoms with Gasteiger partial charge in [0.25, 0.3) is 23.6 Å². The standard InChI is InChI=1S/C23H22FN5O.C23H26FN5O.C22H21FN4O3.C20H19FN4O2/c1-14-10-15(2)29(28-14)9-8-26-23(30)21-13-27-22(25)20-12-17(6-7-19(20)21)16-4-3-5-18(24)11-16;1-28-9-11-29(12-10-28)8-7-26-23(30)21-15-27-22(25)20-14-17(5-6-19(20)21)16-3-2-4-18(24)13-16;23-16-3-1-2-14(10-16)15-4-5-17-18(11-15)21(24)25-12-19(17)22(29)26-13-20(28)27-6-8-30-9-7-27;1-12(26)23-7-8-24-20(27)18-11-25-19(22)17-10-14(5-6-16(17)18)13-3-2-4-15(21)9-13/h3-7,10-13H,8-9H2,1-2H3,(H2,25,27)(H,26,30);2-6,13-15H,7-12H2,1H3,(H2,25,27)(H,26,30);1-5,10-12H,6-9,13H2,(H2,24,25)(H,26,29);2-6,9-11H,7-8H2,1H3,(H2,22,25)(H,23,26)(H,24,27). The van der Waals surface area contributed by atoms with E-state index in [0.29, 0.717) is 142 Å². The van der Waals surface area contributed by atoms with Crippen molar-refractivity contribution in [1.29, 1.82) is 0 Å². The number of piperazine rings is 1. The van der Waals surface area contributed by atoms with Gasteiger partial charge < -0.3 is 64.1 Å². The third-order valence-corrected chi connectivity index (χ3v) is 19.9. The minimum Gasteiger partial charge on any atom is -0.383 e. The lowest BCUT2D eigenvalue weighted by atomic mass is 9.99. The number of aryl methyl sites for hydroxylation is 2. The smallest absolute Gasteiger partial charge is 0.253 e. The van der Waals surface area contributed by atoms with Crippen LogP contribution < -0.4 is 49.5 Å². The van der Waals surface area contributed by atoms with Crippen molar-refractivity contribution in [3.63, 3.8) is 0 Å². The molecule has 2 fully saturated rings. The Balaban J connectivity index is 0.000000144. The second-order valence-corrected chi connectivity index (χ2v) is 28.0. The van der Waals surface area contributed by atoms with Crippen LogP contribution >= 0.6 is 0 Å². The number of hydrogen-bond acceptors (Lipinski definition) is 18. The molecular weight excluding hydrogens is 1500 g/mol. The number of hydrogen-bond donors (Lipinski definition) is 9. The summed E-state index contributed by atoms with van der Waals surface area (Å²) in [6.45, 7) is 14.4. The van der Waals surface area contributed by atoms with Crippen LogP contribution in [0.1, 0.15) is 59.7 Å². The molecule has 8 aromatic carbocycles. The predicted molar refractivity (Wildman–Crippen MR) is 447 cm³/mol. The minimum absolute atomic E-state index is 0.105. The van der Waals surface area contributed by atoms with E-state index < -0.39 is 5.91 Å². The first kappa shape index (κ1) is 82.7. The highest BCUT2D eigenvalue weighted by Crippen LogP contribution is 2.34. The maximum absolute atomic E-state index is 13.6. The first-order valence-corrected chi connectivity index (χ1v) is 37.8. The van der Waals surface area contributed by atoms with Gasteiger partial charge in [0.15, 0.2) is 0 Å². The highest BCUT2D eigenvalue weighted by Gasteiger charge is 2.23. The molecule has 2 saturated heterocycles. The normalized spacial score (nSPS) is 12.8. The average molecular weight is 1590 g/mol. The third-order valence-electron chi connectivity index (χ3n) is 19.9. The van der Waals surface area contributed by atoms with Gasteiger partial charge in [-0.2, -0.15) is 5.10 Å². The molecule has 0 aliphatic carbocycles. The Morgan fingerprint density at radius 1 is 0.393 bits per heavy atom. The number of anilines is 4. The number of carbonyl (C=O) groups excluding carboxylic acids is 6. The van der Waals surface area contributed by atoms with E-state index in [0.717, 1.165) is 82.9 Å². The number of likely N-dealkylation sites (N-methyl/N-ethyl adjacent to an activating group) is 1. The summed E-state index contributed by atoms with van der Waals surface area (Å²) in [7, 11) is 2.12. The molecule has 0 atom stereocenters. The zero-order chi connectivity index (χ0) is 82.8. The highest BCUT2D eigenvalue weighted by molar-refractivity contribution is 6.13. The molecule has 7 heterocycles. The van der Waals surface area contributed by atoms with E-state index in [-0.39, 0.29) is 71.0 Å². The summed E-state index contributed by atoms with van der Waals surface area (Å²) < 4.78 is 61.3. The van der Waals surface area contributed by atoms with Gasteiger partial charge in [-0.15, -0.1) is 0 Å². The Bertz CT molecular complexity index is 5860. The molecule has 25 nitrogen and oxygen atoms in total. The van der Waals surface area contributed by atoms with Crippen molar-refractivity contribution in [2.45, 2.75) is 27.3 Å². The molecule has 0 bridgehead atoms. The molecule has 2 aliphatic rings. The second-order valence-electron chi connectivity index (χ2n) is 28.0. The van der Waals surface area contributed by atoms with E-state index in [1.54, 1.807) is 71.6 Å². The average Bonchev–Trinajstić information content (AvgIpc) is 1.58. The maximum Gasteiger partial charge on any atom is 0.253 e. The lowest BCUT2D eigenvalue weighted by molar-refractivity contribution is -0.134. The van der Waals surface area contributed by atoms with E-state index in [1.165, 1.54) is 80.2 Å². The summed E-state index contributed by atoms with van der Waals surface area (Å²) in [6, 6.07) is 49.0. The zero-order valence-electron chi connectivity index (χ0n) is 64.9. The Hall–Kier alpha value is -13.8. The van der Waals surface area contributed by atoms with E-state index in [2.05, 4.69) is 68.5 Å². The number of pyridine rings is 4. The van der Waals surface area contributed by atoms with Crippen LogP contribution in [-0.4, -0.2) is 179 Å². The molecule has 0 spiro atoms. The molecule has 0 saturated carbocycles. The zero-order valence-corrected chi connectivity index (χ0v) is 64.9. The van der Waals surface area contributed by atoms with E-state index in [1.807, 2.05) is 79.2 Å². The molecule has 117 heavy (non-hydrogen) atoms. The predicted octanol–water partition coefficient (Wildman–Crippen LogP) is 11.2. The fraction of sp³-hybridized carbons (Fsp3) is 0.216. The number of carbonyl (C=O) groups is 6. The number of ether oxygens (including phenoxy) is 1. The number of aromatic nitrogens is 6. The number of nitrogens with one attached hydrogen (secondary N) is 5. The van der Waals surface area contributed by atoms with Gasteiger partial charge in [-0.25, -0.2) is 37.5 Å². The Morgan fingerprint density at radius 3 is 1.07 bits per heavy atom. The number of amides is 6. The highest BCUT2D eigenvalue weighted by atomic mass is 19.1. The molecule has 5 aromatic heterocycles. The van der Waals surface area contributed by atoms with Gasteiger partial charge in [0, 0.05) is 131 Å². The number of morpholine rings is 1. The van der Waals surface area contributed by atoms with Crippen LogP contribution in [0.3, 0.4) is 0 Å². The molecule has 13 N–H and O–H groups in total. The van der Waals surface area contributed by atoms with Gasteiger partial charge in [-0.3, -0.25) is 38.3 Å². The number of fused-ring (bicyclic) bond motifs is 4. The van der Waals surface area contributed by atoms with Crippen LogP contribution in [0.15, 0.2) is 201 Å². The Kier molecular flexibility index (Phi) is 27.1. The van der Waals surface area contributed by atoms with Crippen molar-refractivity contribution in [3.8, 4) is 44.5 Å². The molecule has 6 amide bonds. The summed E-state index contributed by atoms with van der Waals surface area (Å²) >= 11 is 0. The lowest BCUT2D eigenvalue weighted by Gasteiger charge is -2.32. The van der Waals surface area contributed by atoms with Crippen molar-refractivity contribution < 1.29 is 51.1 Å². The molecule has 13 aromatic rings. The van der Waals surface area contributed by atoms with Crippen LogP contribution in [-0.2, 0) is 20.9 Å². The maximum atomic E-state index is 13.6. The summed E-state index contributed by atoms with van der Waals surface area (Å²) in [5.41, 5.74) is 33.9. The van der Waals surface area contributed by atoms with Crippen LogP contribution in [0, 0.1) is 37.1 Å². The summed E-state index contributed by atoms with van der Waals surface area (Å²) in [4.78, 5) is 96.9. The van der Waals surface area contributed by atoms with Crippen molar-refractivity contribution >= 4 is 102 Å². The quantitative estimate of drug-likeness (QED) is 0.0268. The van der Waals surface area contributed by atoms with Gasteiger partial charge in [0.2, 0.25) is 11.8 Å². The first-order valence-electron chi connectivity index (χ1n) is 37.8. The third kappa shape index (κ3) is 21.2. The van der Waals surface area contributed by atoms with E-state index in [9.17, 15) is 46.3 Å². The van der Waals surface area contributed by atoms with E-state index >= 15 is 0 Å². The Morgan fingerprint density at radius 2 is 0.726 bits per heavy atom. The Labute approximate surface area is 671 Å². The SMILES string of the molecule is CC(=O)NCCNC(=O)c1cnc(N)c2cc(-c3cccc(F)c3)ccc12.CN1CCN(CCNC(=O)c2cnc(N)c3cc(-c4cccc(F)c4)ccc23)CC1.Cc1cc(C)n(CCNC(=O)c2cnc(N)c3cc(-c4cccc(F)c4)ccc23)n1.Nc1ncc(C(=O)NCC(=O)N2CCOCC2)c2ccc(-c3cccc(F)c3)cc12. The largest absolute Gasteiger partial charge is 0.383 e. The number of rotatable bonds is 19. The van der Waals surface area contributed by atoms with Crippen LogP contribution in [0.5, 0.6) is 0 Å². The van der Waals surface area contributed by atoms with Gasteiger partial charge in [-0.05, 0) is 166 Å². The monoisotopic (exact) mass is 1580 g/mol. The number of nitrogens with two attached hydrogens (primary N) is 4. The second kappa shape index (κ2) is 38.4. The molecule has 600 valence electrons. The summed E-state index contributed by atoms with van der Waals surface area (Å²) in [5.74, 6) is -1.48. The van der Waals surface area contributed by atoms with Gasteiger partial charge in [-0.1, -0.05) is 97.1 Å². The molecule has 15 rings (SSSR count). The number of benzene rings is 8. The number of halogens is 4. The van der Waals surface area contributed by atoms with Crippen molar-refractivity contribution in [2.24, 2.45) is 0 Å². The lowest BCUT2D eigenvalue weighted by Crippen LogP contribution is -2.46. The van der Waals surface area contributed by atoms with Crippen molar-refractivity contribution in [2.75, 3.05) is 122 Å². The fourth-order valence-electron chi connectivity index (χ4n) is 13.6. The molecular formula is C88H88F4N18O7. The number of nitrogens with zero attached hydrogens (tertiary/aromatic N) is 9.